The lowest BCUT2D eigenvalue weighted by Crippen LogP contribution is -2.23. The lowest BCUT2D eigenvalue weighted by molar-refractivity contribution is -0.154. The predicted molar refractivity (Wildman–Crippen MR) is 116 cm³/mol. The number of hydrogen-bond donors (Lipinski definition) is 2. The number of anilines is 1. The van der Waals surface area contributed by atoms with Crippen molar-refractivity contribution in [2.75, 3.05) is 11.9 Å². The van der Waals surface area contributed by atoms with Crippen LogP contribution in [0.4, 0.5) is 36.6 Å². The Morgan fingerprint density at radius 2 is 1.64 bits per heavy atom. The molecule has 36 heavy (non-hydrogen) atoms. The second kappa shape index (κ2) is 9.51. The highest BCUT2D eigenvalue weighted by Gasteiger charge is 2.36. The van der Waals surface area contributed by atoms with E-state index in [1.807, 2.05) is 0 Å². The Kier molecular flexibility index (Phi) is 6.61. The minimum atomic E-state index is -5.02. The molecule has 0 bridgehead atoms. The molecule has 12 heteroatoms. The van der Waals surface area contributed by atoms with Crippen LogP contribution in [0.1, 0.15) is 22.7 Å². The van der Waals surface area contributed by atoms with E-state index in [1.165, 1.54) is 30.6 Å². The minimum absolute atomic E-state index is 0.0255. The first-order valence-corrected chi connectivity index (χ1v) is 10.3. The van der Waals surface area contributed by atoms with Crippen LogP contribution in [0.25, 0.3) is 10.9 Å². The van der Waals surface area contributed by atoms with Gasteiger partial charge < -0.3 is 15.2 Å². The third-order valence-corrected chi connectivity index (χ3v) is 5.22. The molecule has 2 heterocycles. The van der Waals surface area contributed by atoms with Gasteiger partial charge in [0.2, 0.25) is 11.6 Å². The van der Waals surface area contributed by atoms with Crippen molar-refractivity contribution < 1.29 is 40.6 Å². The average Bonchev–Trinajstić information content (AvgIpc) is 2.82. The third-order valence-electron chi connectivity index (χ3n) is 5.22. The van der Waals surface area contributed by atoms with Crippen LogP contribution in [0.5, 0.6) is 11.5 Å². The summed E-state index contributed by atoms with van der Waals surface area (Å²) in [6.45, 7) is -0.488. The summed E-state index contributed by atoms with van der Waals surface area (Å²) in [5, 5.41) is 14.0. The van der Waals surface area contributed by atoms with Crippen molar-refractivity contribution in [2.24, 2.45) is 0 Å². The summed E-state index contributed by atoms with van der Waals surface area (Å²) in [5.74, 6) is -10.8. The van der Waals surface area contributed by atoms with Gasteiger partial charge in [0.15, 0.2) is 24.0 Å². The summed E-state index contributed by atoms with van der Waals surface area (Å²) < 4.78 is 101. The van der Waals surface area contributed by atoms with Crippen molar-refractivity contribution in [2.45, 2.75) is 19.1 Å². The number of pyridine rings is 2. The second-order valence-corrected chi connectivity index (χ2v) is 7.78. The van der Waals surface area contributed by atoms with Gasteiger partial charge in [-0.25, -0.2) is 13.8 Å². The summed E-state index contributed by atoms with van der Waals surface area (Å²) in [6, 6.07) is 7.19. The molecular weight excluding hydrogens is 495 g/mol. The van der Waals surface area contributed by atoms with Gasteiger partial charge in [0, 0.05) is 23.3 Å². The molecule has 0 spiro atoms. The molecule has 0 aliphatic carbocycles. The van der Waals surface area contributed by atoms with Crippen molar-refractivity contribution in [3.8, 4) is 11.5 Å². The fourth-order valence-electron chi connectivity index (χ4n) is 3.61. The van der Waals surface area contributed by atoms with Crippen molar-refractivity contribution in [3.63, 3.8) is 0 Å². The first-order chi connectivity index (χ1) is 17.0. The number of aryl methyl sites for hydroxylation is 1. The molecule has 2 aromatic heterocycles. The van der Waals surface area contributed by atoms with E-state index in [1.54, 1.807) is 25.1 Å². The molecular formula is C24H16F7N3O2. The standard InChI is InChI=1S/C24H16F7N3O2/c1-11-6-8-32-14(9-11)34-21(13-5-4-12-3-2-7-33-20(12)22(13)35)15-16(25)18(27)23(19(28)17(15)26)36-10-24(29,30)31/h2-9,21,35H,10H2,1H3,(H,32,34). The van der Waals surface area contributed by atoms with E-state index in [-0.39, 0.29) is 16.9 Å². The maximum atomic E-state index is 15.2. The van der Waals surface area contributed by atoms with Gasteiger partial charge in [-0.05, 0) is 30.7 Å². The lowest BCUT2D eigenvalue weighted by Gasteiger charge is -2.24. The molecule has 0 radical (unpaired) electrons. The maximum Gasteiger partial charge on any atom is 0.422 e. The number of aromatic nitrogens is 2. The van der Waals surface area contributed by atoms with Crippen molar-refractivity contribution in [1.82, 2.24) is 9.97 Å². The van der Waals surface area contributed by atoms with Crippen LogP contribution in [-0.4, -0.2) is 27.9 Å². The van der Waals surface area contributed by atoms with Crippen LogP contribution in [-0.2, 0) is 0 Å². The van der Waals surface area contributed by atoms with Crippen molar-refractivity contribution in [1.29, 1.82) is 0 Å². The zero-order valence-corrected chi connectivity index (χ0v) is 18.3. The van der Waals surface area contributed by atoms with Crippen LogP contribution in [0.3, 0.4) is 0 Å². The molecule has 0 fully saturated rings. The SMILES string of the molecule is Cc1ccnc(NC(c2ccc3cccnc3c2O)c2c(F)c(F)c(OCC(F)(F)F)c(F)c2F)c1. The fourth-order valence-corrected chi connectivity index (χ4v) is 3.61. The van der Waals surface area contributed by atoms with Crippen LogP contribution in [0.15, 0.2) is 48.8 Å². The Hall–Kier alpha value is -4.09. The summed E-state index contributed by atoms with van der Waals surface area (Å²) in [6.07, 6.45) is -2.31. The second-order valence-electron chi connectivity index (χ2n) is 7.78. The molecule has 4 aromatic rings. The number of fused-ring (bicyclic) bond motifs is 1. The molecule has 2 aromatic carbocycles. The number of hydrogen-bond acceptors (Lipinski definition) is 5. The van der Waals surface area contributed by atoms with Crippen LogP contribution in [0.2, 0.25) is 0 Å². The number of nitrogens with one attached hydrogen (secondary N) is 1. The number of alkyl halides is 3. The number of ether oxygens (including phenoxy) is 1. The van der Waals surface area contributed by atoms with Gasteiger partial charge in [0.05, 0.1) is 11.6 Å². The van der Waals surface area contributed by atoms with Crippen LogP contribution in [0, 0.1) is 30.2 Å². The molecule has 0 aliphatic heterocycles. The van der Waals surface area contributed by atoms with E-state index in [0.717, 1.165) is 0 Å². The minimum Gasteiger partial charge on any atom is -0.505 e. The molecule has 188 valence electrons. The number of halogens is 7. The van der Waals surface area contributed by atoms with Crippen molar-refractivity contribution in [3.05, 3.63) is 88.8 Å². The molecule has 0 saturated carbocycles. The Balaban J connectivity index is 1.92. The molecule has 0 aliphatic rings. The molecule has 0 amide bonds. The van der Waals surface area contributed by atoms with E-state index in [0.29, 0.717) is 10.9 Å². The molecule has 1 unspecified atom stereocenters. The summed E-state index contributed by atoms with van der Waals surface area (Å²) in [4.78, 5) is 8.03. The zero-order chi connectivity index (χ0) is 26.2. The predicted octanol–water partition coefficient (Wildman–Crippen LogP) is 6.34. The monoisotopic (exact) mass is 511 g/mol. The van der Waals surface area contributed by atoms with Crippen molar-refractivity contribution >= 4 is 16.7 Å². The average molecular weight is 511 g/mol. The van der Waals surface area contributed by atoms with Crippen LogP contribution < -0.4 is 10.1 Å². The number of phenols is 1. The van der Waals surface area contributed by atoms with E-state index in [2.05, 4.69) is 20.0 Å². The first kappa shape index (κ1) is 25.0. The van der Waals surface area contributed by atoms with Gasteiger partial charge >= 0.3 is 6.18 Å². The fraction of sp³-hybridized carbons (Fsp3) is 0.167. The van der Waals surface area contributed by atoms with E-state index in [4.69, 9.17) is 0 Å². The molecule has 4 rings (SSSR count). The first-order valence-electron chi connectivity index (χ1n) is 10.3. The summed E-state index contributed by atoms with van der Waals surface area (Å²) in [5.41, 5.74) is -0.779. The molecule has 2 N–H and O–H groups in total. The summed E-state index contributed by atoms with van der Waals surface area (Å²) >= 11 is 0. The van der Waals surface area contributed by atoms with E-state index in [9.17, 15) is 27.1 Å². The highest BCUT2D eigenvalue weighted by Crippen LogP contribution is 2.41. The van der Waals surface area contributed by atoms with Gasteiger partial charge in [0.1, 0.15) is 17.1 Å². The highest BCUT2D eigenvalue weighted by atomic mass is 19.4. The Bertz CT molecular complexity index is 1410. The number of rotatable bonds is 6. The number of phenolic OH excluding ortho intramolecular Hbond substituents is 1. The molecule has 0 saturated heterocycles. The Morgan fingerprint density at radius 3 is 2.28 bits per heavy atom. The topological polar surface area (TPSA) is 67.3 Å². The normalized spacial score (nSPS) is 12.6. The largest absolute Gasteiger partial charge is 0.505 e. The number of aromatic hydroxyl groups is 1. The van der Waals surface area contributed by atoms with Gasteiger partial charge in [-0.2, -0.15) is 22.0 Å². The zero-order valence-electron chi connectivity index (χ0n) is 18.3. The summed E-state index contributed by atoms with van der Waals surface area (Å²) in [7, 11) is 0. The molecule has 5 nitrogen and oxygen atoms in total. The van der Waals surface area contributed by atoms with E-state index < -0.39 is 59.2 Å². The lowest BCUT2D eigenvalue weighted by atomic mass is 9.94. The van der Waals surface area contributed by atoms with Gasteiger partial charge in [0.25, 0.3) is 0 Å². The molecule has 1 atom stereocenters. The Morgan fingerprint density at radius 1 is 0.944 bits per heavy atom. The number of nitrogens with zero attached hydrogens (tertiary/aromatic N) is 2. The highest BCUT2D eigenvalue weighted by molar-refractivity contribution is 5.86. The Labute approximate surface area is 199 Å². The van der Waals surface area contributed by atoms with Gasteiger partial charge in [-0.15, -0.1) is 0 Å². The maximum absolute atomic E-state index is 15.2. The van der Waals surface area contributed by atoms with E-state index >= 15 is 8.78 Å². The number of benzene rings is 2. The smallest absolute Gasteiger partial charge is 0.422 e. The van der Waals surface area contributed by atoms with Gasteiger partial charge in [-0.3, -0.25) is 4.98 Å². The van der Waals surface area contributed by atoms with Crippen LogP contribution >= 0.6 is 0 Å². The van der Waals surface area contributed by atoms with Gasteiger partial charge in [-0.1, -0.05) is 18.2 Å². The third kappa shape index (κ3) is 4.83. The quantitative estimate of drug-likeness (QED) is 0.234.